The fraction of sp³-hybridized carbons (Fsp3) is 0.235. The van der Waals surface area contributed by atoms with Crippen LogP contribution >= 0.6 is 0 Å². The lowest BCUT2D eigenvalue weighted by molar-refractivity contribution is 0.0496. The van der Waals surface area contributed by atoms with Gasteiger partial charge in [0.05, 0.1) is 13.5 Å². The summed E-state index contributed by atoms with van der Waals surface area (Å²) in [6.07, 6.45) is 0.184. The average molecular weight is 284 g/mol. The average Bonchev–Trinajstić information content (AvgIpc) is 2.47. The zero-order chi connectivity index (χ0) is 15.0. The third-order valence-electron chi connectivity index (χ3n) is 3.79. The van der Waals surface area contributed by atoms with Gasteiger partial charge in [-0.2, -0.15) is 0 Å². The maximum atomic E-state index is 12.4. The highest BCUT2D eigenvalue weighted by atomic mass is 16.5. The number of aromatic hydroxyl groups is 1. The Bertz CT molecular complexity index is 693. The van der Waals surface area contributed by atoms with E-state index < -0.39 is 5.60 Å². The number of benzene rings is 2. The maximum Gasteiger partial charge on any atom is 0.174 e. The Morgan fingerprint density at radius 1 is 1.24 bits per heavy atom. The third-order valence-corrected chi connectivity index (χ3v) is 3.79. The second-order valence-corrected chi connectivity index (χ2v) is 5.32. The number of hydrogen-bond acceptors (Lipinski definition) is 4. The van der Waals surface area contributed by atoms with E-state index in [2.05, 4.69) is 0 Å². The maximum absolute atomic E-state index is 12.4. The van der Waals surface area contributed by atoms with Gasteiger partial charge in [0, 0.05) is 12.1 Å². The monoisotopic (exact) mass is 284 g/mol. The van der Waals surface area contributed by atoms with Crippen molar-refractivity contribution in [1.82, 2.24) is 0 Å². The predicted molar refractivity (Wildman–Crippen MR) is 78.0 cm³/mol. The molecule has 0 radical (unpaired) electrons. The highest BCUT2D eigenvalue weighted by Gasteiger charge is 2.39. The number of phenolic OH excluding ortho intramolecular Hbond substituents is 1. The largest absolute Gasteiger partial charge is 0.507 e. The van der Waals surface area contributed by atoms with E-state index in [1.807, 2.05) is 37.3 Å². The summed E-state index contributed by atoms with van der Waals surface area (Å²) in [7, 11) is 1.50. The van der Waals surface area contributed by atoms with E-state index in [0.717, 1.165) is 5.56 Å². The molecule has 1 N–H and O–H groups in total. The van der Waals surface area contributed by atoms with Gasteiger partial charge in [-0.15, -0.1) is 0 Å². The van der Waals surface area contributed by atoms with Crippen molar-refractivity contribution in [2.24, 2.45) is 0 Å². The van der Waals surface area contributed by atoms with E-state index in [0.29, 0.717) is 11.5 Å². The second kappa shape index (κ2) is 4.81. The summed E-state index contributed by atoms with van der Waals surface area (Å²) >= 11 is 0. The molecule has 4 heteroatoms. The smallest absolute Gasteiger partial charge is 0.174 e. The van der Waals surface area contributed by atoms with E-state index in [-0.39, 0.29) is 23.5 Å². The van der Waals surface area contributed by atoms with Crippen LogP contribution in [0.25, 0.3) is 0 Å². The van der Waals surface area contributed by atoms with Gasteiger partial charge < -0.3 is 14.6 Å². The molecular weight excluding hydrogens is 268 g/mol. The molecule has 1 heterocycles. The van der Waals surface area contributed by atoms with E-state index in [1.54, 1.807) is 6.07 Å². The van der Waals surface area contributed by atoms with E-state index in [4.69, 9.17) is 9.47 Å². The van der Waals surface area contributed by atoms with Crippen molar-refractivity contribution in [1.29, 1.82) is 0 Å². The first-order chi connectivity index (χ1) is 10.0. The molecule has 0 amide bonds. The molecule has 0 aliphatic carbocycles. The van der Waals surface area contributed by atoms with Crippen molar-refractivity contribution in [3.8, 4) is 17.2 Å². The van der Waals surface area contributed by atoms with Crippen LogP contribution in [0.3, 0.4) is 0 Å². The van der Waals surface area contributed by atoms with Gasteiger partial charge in [-0.25, -0.2) is 0 Å². The number of carbonyl (C=O) groups excluding carboxylic acids is 1. The lowest BCUT2D eigenvalue weighted by atomic mass is 9.85. The fourth-order valence-electron chi connectivity index (χ4n) is 2.68. The Labute approximate surface area is 122 Å². The Balaban J connectivity index is 2.10. The molecule has 4 nitrogen and oxygen atoms in total. The molecule has 0 spiro atoms. The number of Topliss-reactive ketones (excluding diaryl/α,β-unsaturated/α-hetero) is 1. The Morgan fingerprint density at radius 2 is 1.95 bits per heavy atom. The quantitative estimate of drug-likeness (QED) is 0.919. The van der Waals surface area contributed by atoms with Gasteiger partial charge in [0.15, 0.2) is 5.78 Å². The van der Waals surface area contributed by atoms with E-state index in [9.17, 15) is 9.90 Å². The first-order valence-electron chi connectivity index (χ1n) is 6.72. The molecule has 0 fully saturated rings. The van der Waals surface area contributed by atoms with Crippen LogP contribution in [0.5, 0.6) is 17.2 Å². The summed E-state index contributed by atoms with van der Waals surface area (Å²) in [5.74, 6) is 0.568. The molecule has 3 rings (SSSR count). The standard InChI is InChI=1S/C17H16O4/c1-17(11-6-4-3-5-7-11)10-14(19)16-13(18)8-12(20-2)9-15(16)21-17/h3-9,18H,10H2,1-2H3. The van der Waals surface area contributed by atoms with Gasteiger partial charge in [0.1, 0.15) is 28.4 Å². The second-order valence-electron chi connectivity index (χ2n) is 5.32. The van der Waals surface area contributed by atoms with Crippen LogP contribution in [0.2, 0.25) is 0 Å². The third kappa shape index (κ3) is 2.23. The molecule has 1 aliphatic heterocycles. The van der Waals surface area contributed by atoms with Gasteiger partial charge in [-0.05, 0) is 12.5 Å². The number of ether oxygens (including phenoxy) is 2. The van der Waals surface area contributed by atoms with Crippen molar-refractivity contribution in [3.05, 3.63) is 53.6 Å². The molecule has 0 aromatic heterocycles. The van der Waals surface area contributed by atoms with Crippen molar-refractivity contribution in [2.45, 2.75) is 18.9 Å². The number of ketones is 1. The van der Waals surface area contributed by atoms with Crippen LogP contribution in [-0.2, 0) is 5.60 Å². The number of hydrogen-bond donors (Lipinski definition) is 1. The van der Waals surface area contributed by atoms with Crippen molar-refractivity contribution in [3.63, 3.8) is 0 Å². The fourth-order valence-corrected chi connectivity index (χ4v) is 2.68. The first-order valence-corrected chi connectivity index (χ1v) is 6.72. The Hall–Kier alpha value is -2.49. The van der Waals surface area contributed by atoms with E-state index >= 15 is 0 Å². The van der Waals surface area contributed by atoms with Gasteiger partial charge >= 0.3 is 0 Å². The molecule has 2 aromatic carbocycles. The number of fused-ring (bicyclic) bond motifs is 1. The minimum absolute atomic E-state index is 0.107. The number of methoxy groups -OCH3 is 1. The van der Waals surface area contributed by atoms with Crippen LogP contribution in [-0.4, -0.2) is 18.0 Å². The number of rotatable bonds is 2. The normalized spacial score (nSPS) is 20.6. The molecule has 21 heavy (non-hydrogen) atoms. The lowest BCUT2D eigenvalue weighted by Gasteiger charge is -2.35. The molecule has 0 saturated heterocycles. The number of carbonyl (C=O) groups is 1. The minimum atomic E-state index is -0.746. The van der Waals surface area contributed by atoms with Crippen LogP contribution < -0.4 is 9.47 Å². The topological polar surface area (TPSA) is 55.8 Å². The number of phenols is 1. The lowest BCUT2D eigenvalue weighted by Crippen LogP contribution is -2.36. The Kier molecular flexibility index (Phi) is 3.09. The summed E-state index contributed by atoms with van der Waals surface area (Å²) in [6.45, 7) is 1.87. The van der Waals surface area contributed by atoms with Crippen molar-refractivity contribution >= 4 is 5.78 Å². The molecular formula is C17H16O4. The minimum Gasteiger partial charge on any atom is -0.507 e. The zero-order valence-corrected chi connectivity index (χ0v) is 11.9. The molecule has 1 unspecified atom stereocenters. The molecule has 1 atom stereocenters. The highest BCUT2D eigenvalue weighted by Crippen LogP contribution is 2.44. The SMILES string of the molecule is COc1cc(O)c2c(c1)OC(C)(c1ccccc1)CC2=O. The predicted octanol–water partition coefficient (Wildman–Crippen LogP) is 3.28. The zero-order valence-electron chi connectivity index (χ0n) is 11.9. The first kappa shape index (κ1) is 13.5. The van der Waals surface area contributed by atoms with Gasteiger partial charge in [0.2, 0.25) is 0 Å². The molecule has 2 aromatic rings. The van der Waals surface area contributed by atoms with E-state index in [1.165, 1.54) is 13.2 Å². The Morgan fingerprint density at radius 3 is 2.62 bits per heavy atom. The van der Waals surface area contributed by atoms with Crippen molar-refractivity contribution in [2.75, 3.05) is 7.11 Å². The summed E-state index contributed by atoms with van der Waals surface area (Å²) in [4.78, 5) is 12.4. The van der Waals surface area contributed by atoms with Crippen LogP contribution in [0, 0.1) is 0 Å². The summed E-state index contributed by atoms with van der Waals surface area (Å²) in [5, 5.41) is 10.00. The van der Waals surface area contributed by atoms with Crippen LogP contribution in [0.1, 0.15) is 29.3 Å². The summed E-state index contributed by atoms with van der Waals surface area (Å²) < 4.78 is 11.2. The summed E-state index contributed by atoms with van der Waals surface area (Å²) in [6, 6.07) is 12.6. The molecule has 0 saturated carbocycles. The molecule has 0 bridgehead atoms. The van der Waals surface area contributed by atoms with Gasteiger partial charge in [-0.3, -0.25) is 4.79 Å². The molecule has 1 aliphatic rings. The van der Waals surface area contributed by atoms with Gasteiger partial charge in [-0.1, -0.05) is 30.3 Å². The highest BCUT2D eigenvalue weighted by molar-refractivity contribution is 6.03. The van der Waals surface area contributed by atoms with Crippen molar-refractivity contribution < 1.29 is 19.4 Å². The van der Waals surface area contributed by atoms with Crippen LogP contribution in [0.15, 0.2) is 42.5 Å². The summed E-state index contributed by atoms with van der Waals surface area (Å²) in [5.41, 5.74) is 0.403. The molecule has 108 valence electrons. The van der Waals surface area contributed by atoms with Gasteiger partial charge in [0.25, 0.3) is 0 Å². The van der Waals surface area contributed by atoms with Crippen LogP contribution in [0.4, 0.5) is 0 Å².